The third kappa shape index (κ3) is 1.45. The largest absolute Gasteiger partial charge is 0.480 e. The van der Waals surface area contributed by atoms with E-state index in [0.29, 0.717) is 10.2 Å². The maximum Gasteiger partial charge on any atom is 0.331 e. The van der Waals surface area contributed by atoms with E-state index >= 15 is 0 Å². The Morgan fingerprint density at radius 1 is 1.50 bits per heavy atom. The highest BCUT2D eigenvalue weighted by Gasteiger charge is 2.13. The lowest BCUT2D eigenvalue weighted by atomic mass is 10.4. The molecule has 0 saturated carbocycles. The van der Waals surface area contributed by atoms with Crippen molar-refractivity contribution in [1.29, 1.82) is 0 Å². The number of carboxylic acid groups (broad SMARTS) is 1. The molecular formula is C9H8N2O4S. The summed E-state index contributed by atoms with van der Waals surface area (Å²) < 4.78 is 2.39. The van der Waals surface area contributed by atoms with Crippen molar-refractivity contribution >= 4 is 27.5 Å². The van der Waals surface area contributed by atoms with Crippen LogP contribution in [0.2, 0.25) is 0 Å². The minimum atomic E-state index is -1.12. The van der Waals surface area contributed by atoms with Crippen LogP contribution < -0.4 is 11.2 Å². The van der Waals surface area contributed by atoms with Crippen LogP contribution >= 0.6 is 11.3 Å². The summed E-state index contributed by atoms with van der Waals surface area (Å²) in [5.41, 5.74) is -0.629. The number of aliphatic carboxylic acids is 1. The van der Waals surface area contributed by atoms with Gasteiger partial charge in [-0.1, -0.05) is 0 Å². The topological polar surface area (TPSA) is 81.3 Å². The molecule has 0 atom stereocenters. The zero-order valence-electron chi connectivity index (χ0n) is 8.34. The van der Waals surface area contributed by atoms with Gasteiger partial charge in [0.25, 0.3) is 5.56 Å². The van der Waals surface area contributed by atoms with E-state index < -0.39 is 23.8 Å². The monoisotopic (exact) mass is 240 g/mol. The van der Waals surface area contributed by atoms with E-state index in [-0.39, 0.29) is 0 Å². The molecule has 0 radical (unpaired) electrons. The molecular weight excluding hydrogens is 232 g/mol. The molecule has 6 nitrogen and oxygen atoms in total. The third-order valence-corrected chi connectivity index (χ3v) is 3.14. The quantitative estimate of drug-likeness (QED) is 0.791. The molecule has 7 heteroatoms. The Morgan fingerprint density at radius 2 is 2.19 bits per heavy atom. The second-order valence-electron chi connectivity index (χ2n) is 3.26. The summed E-state index contributed by atoms with van der Waals surface area (Å²) in [6.07, 6.45) is 0. The first-order valence-electron chi connectivity index (χ1n) is 4.41. The minimum absolute atomic E-state index is 0.375. The van der Waals surface area contributed by atoms with Crippen LogP contribution in [0, 0.1) is 0 Å². The molecule has 2 rings (SSSR count). The van der Waals surface area contributed by atoms with Crippen molar-refractivity contribution in [1.82, 2.24) is 9.13 Å². The van der Waals surface area contributed by atoms with Gasteiger partial charge in [-0.15, -0.1) is 11.3 Å². The van der Waals surface area contributed by atoms with Crippen molar-refractivity contribution < 1.29 is 9.90 Å². The first-order chi connectivity index (χ1) is 7.52. The van der Waals surface area contributed by atoms with Gasteiger partial charge >= 0.3 is 11.7 Å². The van der Waals surface area contributed by atoms with Gasteiger partial charge in [-0.05, 0) is 11.4 Å². The van der Waals surface area contributed by atoms with Crippen LogP contribution in [0.1, 0.15) is 0 Å². The van der Waals surface area contributed by atoms with Gasteiger partial charge in [0.05, 0.1) is 5.52 Å². The molecule has 16 heavy (non-hydrogen) atoms. The van der Waals surface area contributed by atoms with E-state index in [9.17, 15) is 14.4 Å². The molecule has 0 amide bonds. The van der Waals surface area contributed by atoms with Gasteiger partial charge in [0, 0.05) is 7.05 Å². The average Bonchev–Trinajstić information content (AvgIpc) is 2.69. The number of nitrogens with zero attached hydrogens (tertiary/aromatic N) is 2. The molecule has 0 aromatic carbocycles. The molecule has 0 aliphatic heterocycles. The molecule has 0 aliphatic carbocycles. The predicted molar refractivity (Wildman–Crippen MR) is 59.0 cm³/mol. The van der Waals surface area contributed by atoms with Crippen LogP contribution in [0.25, 0.3) is 10.2 Å². The summed E-state index contributed by atoms with van der Waals surface area (Å²) in [6.45, 7) is -0.444. The van der Waals surface area contributed by atoms with Crippen LogP contribution in [-0.4, -0.2) is 20.2 Å². The van der Waals surface area contributed by atoms with Crippen LogP contribution in [0.15, 0.2) is 21.0 Å². The molecule has 0 saturated heterocycles. The van der Waals surface area contributed by atoms with Crippen molar-refractivity contribution in [3.05, 3.63) is 32.3 Å². The summed E-state index contributed by atoms with van der Waals surface area (Å²) in [4.78, 5) is 34.0. The number of hydrogen-bond acceptors (Lipinski definition) is 4. The van der Waals surface area contributed by atoms with Crippen molar-refractivity contribution in [2.45, 2.75) is 6.54 Å². The summed E-state index contributed by atoms with van der Waals surface area (Å²) >= 11 is 1.19. The van der Waals surface area contributed by atoms with Crippen molar-refractivity contribution in [3.63, 3.8) is 0 Å². The molecule has 0 unspecified atom stereocenters. The normalized spacial score (nSPS) is 10.8. The van der Waals surface area contributed by atoms with Crippen LogP contribution in [0.3, 0.4) is 0 Å². The first kappa shape index (κ1) is 10.6. The zero-order valence-corrected chi connectivity index (χ0v) is 9.15. The van der Waals surface area contributed by atoms with Crippen molar-refractivity contribution in [3.8, 4) is 0 Å². The van der Waals surface area contributed by atoms with E-state index in [1.807, 2.05) is 0 Å². The Morgan fingerprint density at radius 3 is 2.81 bits per heavy atom. The number of carbonyl (C=O) groups is 1. The summed E-state index contributed by atoms with van der Waals surface area (Å²) in [5, 5.41) is 10.4. The van der Waals surface area contributed by atoms with Gasteiger partial charge in [0.1, 0.15) is 11.2 Å². The molecule has 0 spiro atoms. The number of carboxylic acids is 1. The molecule has 2 aromatic rings. The highest BCUT2D eigenvalue weighted by molar-refractivity contribution is 7.17. The number of thiophene rings is 1. The molecule has 2 heterocycles. The fourth-order valence-corrected chi connectivity index (χ4v) is 2.36. The van der Waals surface area contributed by atoms with Crippen LogP contribution in [0.5, 0.6) is 0 Å². The van der Waals surface area contributed by atoms with Crippen LogP contribution in [-0.2, 0) is 18.4 Å². The second-order valence-corrected chi connectivity index (χ2v) is 4.18. The predicted octanol–water partition coefficient (Wildman–Crippen LogP) is -0.154. The Balaban J connectivity index is 2.91. The summed E-state index contributed by atoms with van der Waals surface area (Å²) in [6, 6.07) is 1.58. The summed E-state index contributed by atoms with van der Waals surface area (Å²) in [7, 11) is 1.34. The number of hydrogen-bond donors (Lipinski definition) is 1. The number of fused-ring (bicyclic) bond motifs is 1. The fourth-order valence-electron chi connectivity index (χ4n) is 1.49. The lowest BCUT2D eigenvalue weighted by molar-refractivity contribution is -0.137. The van der Waals surface area contributed by atoms with Crippen molar-refractivity contribution in [2.75, 3.05) is 0 Å². The Bertz CT molecular complexity index is 679. The van der Waals surface area contributed by atoms with E-state index in [1.165, 1.54) is 18.4 Å². The fraction of sp³-hybridized carbons (Fsp3) is 0.222. The van der Waals surface area contributed by atoms with Crippen LogP contribution in [0.4, 0.5) is 0 Å². The highest BCUT2D eigenvalue weighted by atomic mass is 32.1. The van der Waals surface area contributed by atoms with Gasteiger partial charge in [-0.2, -0.15) is 0 Å². The van der Waals surface area contributed by atoms with E-state index in [1.54, 1.807) is 11.4 Å². The molecule has 0 fully saturated rings. The molecule has 0 aliphatic rings. The van der Waals surface area contributed by atoms with Gasteiger partial charge in [-0.3, -0.25) is 18.7 Å². The lowest BCUT2D eigenvalue weighted by Crippen LogP contribution is -2.38. The molecule has 2 aromatic heterocycles. The molecule has 0 bridgehead atoms. The van der Waals surface area contributed by atoms with Gasteiger partial charge in [0.15, 0.2) is 0 Å². The lowest BCUT2D eigenvalue weighted by Gasteiger charge is -2.06. The number of rotatable bonds is 2. The Hall–Kier alpha value is -1.89. The third-order valence-electron chi connectivity index (χ3n) is 2.25. The Labute approximate surface area is 93.0 Å². The Kier molecular flexibility index (Phi) is 2.39. The molecule has 84 valence electrons. The second kappa shape index (κ2) is 3.60. The van der Waals surface area contributed by atoms with E-state index in [0.717, 1.165) is 9.13 Å². The van der Waals surface area contributed by atoms with E-state index in [4.69, 9.17) is 5.11 Å². The standard InChI is InChI=1S/C9H8N2O4S/c1-10-8(14)7-5(2-3-16-7)11(9(10)15)4-6(12)13/h2-3H,4H2,1H3,(H,12,13). The maximum atomic E-state index is 11.7. The molecule has 1 N–H and O–H groups in total. The van der Waals surface area contributed by atoms with Gasteiger partial charge < -0.3 is 5.11 Å². The first-order valence-corrected chi connectivity index (χ1v) is 5.29. The van der Waals surface area contributed by atoms with Gasteiger partial charge in [0.2, 0.25) is 0 Å². The maximum absolute atomic E-state index is 11.7. The average molecular weight is 240 g/mol. The number of aromatic nitrogens is 2. The SMILES string of the molecule is Cn1c(=O)c2sccc2n(CC(=O)O)c1=O. The van der Waals surface area contributed by atoms with E-state index in [2.05, 4.69) is 0 Å². The zero-order chi connectivity index (χ0) is 11.9. The van der Waals surface area contributed by atoms with Gasteiger partial charge in [-0.25, -0.2) is 4.79 Å². The smallest absolute Gasteiger partial charge is 0.331 e. The van der Waals surface area contributed by atoms with Crippen molar-refractivity contribution in [2.24, 2.45) is 7.05 Å². The summed E-state index contributed by atoms with van der Waals surface area (Å²) in [5.74, 6) is -1.12. The minimum Gasteiger partial charge on any atom is -0.480 e. The highest BCUT2D eigenvalue weighted by Crippen LogP contribution is 2.14.